The number of benzene rings is 2. The minimum absolute atomic E-state index is 0.184. The lowest BCUT2D eigenvalue weighted by Gasteiger charge is -2.30. The summed E-state index contributed by atoms with van der Waals surface area (Å²) in [6.07, 6.45) is 5.12. The van der Waals surface area contributed by atoms with Crippen LogP contribution in [0.2, 0.25) is 0 Å². The van der Waals surface area contributed by atoms with Gasteiger partial charge in [0, 0.05) is 12.8 Å². The smallest absolute Gasteiger partial charge is 0.307 e. The maximum absolute atomic E-state index is 11.7. The summed E-state index contributed by atoms with van der Waals surface area (Å²) in [5.74, 6) is 5.91. The number of rotatable bonds is 7. The first-order chi connectivity index (χ1) is 16.1. The summed E-state index contributed by atoms with van der Waals surface area (Å²) in [5.41, 5.74) is 4.65. The Morgan fingerprint density at radius 1 is 1.15 bits per heavy atom. The summed E-state index contributed by atoms with van der Waals surface area (Å²) < 4.78 is 22.5. The fraction of sp³-hybridized carbons (Fsp3) is 0.393. The van der Waals surface area contributed by atoms with E-state index < -0.39 is 5.79 Å². The van der Waals surface area contributed by atoms with Crippen LogP contribution in [0.1, 0.15) is 55.2 Å². The highest BCUT2D eigenvalue weighted by atomic mass is 16.7. The molecule has 0 bridgehead atoms. The molecule has 0 radical (unpaired) electrons. The molecule has 0 saturated carbocycles. The third-order valence-electron chi connectivity index (χ3n) is 6.15. The van der Waals surface area contributed by atoms with Gasteiger partial charge >= 0.3 is 5.97 Å². The fourth-order valence-corrected chi connectivity index (χ4v) is 4.33. The van der Waals surface area contributed by atoms with Gasteiger partial charge in [-0.05, 0) is 53.8 Å². The van der Waals surface area contributed by atoms with Gasteiger partial charge < -0.3 is 18.9 Å². The van der Waals surface area contributed by atoms with Crippen LogP contribution in [0.25, 0.3) is 5.57 Å². The predicted molar refractivity (Wildman–Crippen MR) is 127 cm³/mol. The molecule has 0 aromatic heterocycles. The number of ether oxygens (including phenoxy) is 4. The molecule has 4 rings (SSSR count). The molecule has 1 atom stereocenters. The summed E-state index contributed by atoms with van der Waals surface area (Å²) >= 11 is 0. The molecule has 1 aliphatic heterocycles. The zero-order valence-electron chi connectivity index (χ0n) is 19.3. The van der Waals surface area contributed by atoms with Crippen molar-refractivity contribution in [3.8, 4) is 17.6 Å². The van der Waals surface area contributed by atoms with Crippen molar-refractivity contribution in [3.63, 3.8) is 0 Å². The van der Waals surface area contributed by atoms with Crippen molar-refractivity contribution in [2.75, 3.05) is 20.3 Å². The molecule has 1 spiro atoms. The number of allylic oxidation sites excluding steroid dienone is 1. The van der Waals surface area contributed by atoms with E-state index in [1.807, 2.05) is 24.3 Å². The zero-order chi connectivity index (χ0) is 23.1. The first-order valence-corrected chi connectivity index (χ1v) is 11.4. The quantitative estimate of drug-likeness (QED) is 0.430. The standard InChI is InChI=1S/C28H30O5/c1-3-5-24(19-27(29)30-2)22-8-10-26(11-9-22)31-20-21-6-4-7-25(18-21)23-12-14-28(15-13-23)32-16-17-33-28/h4,6-12,18,24H,13-17,19-20H2,1-2H3/t24-/m1/s1. The van der Waals surface area contributed by atoms with Gasteiger partial charge in [-0.2, -0.15) is 0 Å². The zero-order valence-corrected chi connectivity index (χ0v) is 19.3. The molecule has 2 aromatic carbocycles. The molecule has 2 aliphatic rings. The van der Waals surface area contributed by atoms with Crippen molar-refractivity contribution in [1.82, 2.24) is 0 Å². The maximum Gasteiger partial charge on any atom is 0.307 e. The summed E-state index contributed by atoms with van der Waals surface area (Å²) in [5, 5.41) is 0. The third-order valence-corrected chi connectivity index (χ3v) is 6.15. The lowest BCUT2D eigenvalue weighted by molar-refractivity contribution is -0.159. The molecular weight excluding hydrogens is 416 g/mol. The van der Waals surface area contributed by atoms with Crippen LogP contribution >= 0.6 is 0 Å². The molecule has 1 heterocycles. The molecule has 1 saturated heterocycles. The minimum atomic E-state index is -0.394. The summed E-state index contributed by atoms with van der Waals surface area (Å²) in [6, 6.07) is 16.3. The summed E-state index contributed by atoms with van der Waals surface area (Å²) in [7, 11) is 1.39. The Balaban J connectivity index is 1.37. The lowest BCUT2D eigenvalue weighted by atomic mass is 9.89. The Morgan fingerprint density at radius 2 is 1.94 bits per heavy atom. The van der Waals surface area contributed by atoms with Crippen LogP contribution in [-0.2, 0) is 25.6 Å². The number of methoxy groups -OCH3 is 1. The van der Waals surface area contributed by atoms with Crippen molar-refractivity contribution in [2.24, 2.45) is 0 Å². The highest BCUT2D eigenvalue weighted by molar-refractivity contribution is 5.71. The number of hydrogen-bond acceptors (Lipinski definition) is 5. The van der Waals surface area contributed by atoms with Gasteiger partial charge in [0.2, 0.25) is 0 Å². The van der Waals surface area contributed by atoms with Crippen molar-refractivity contribution in [3.05, 3.63) is 71.3 Å². The van der Waals surface area contributed by atoms with Gasteiger partial charge in [0.15, 0.2) is 5.79 Å². The Kier molecular flexibility index (Phi) is 7.49. The number of hydrogen-bond donors (Lipinski definition) is 0. The van der Waals surface area contributed by atoms with Gasteiger partial charge in [0.05, 0.1) is 32.7 Å². The largest absolute Gasteiger partial charge is 0.489 e. The van der Waals surface area contributed by atoms with Crippen molar-refractivity contribution in [1.29, 1.82) is 0 Å². The average Bonchev–Trinajstić information content (AvgIpc) is 3.31. The molecule has 5 nitrogen and oxygen atoms in total. The monoisotopic (exact) mass is 446 g/mol. The second kappa shape index (κ2) is 10.7. The first kappa shape index (κ1) is 23.1. The van der Waals surface area contributed by atoms with Crippen molar-refractivity contribution < 1.29 is 23.7 Å². The molecule has 172 valence electrons. The van der Waals surface area contributed by atoms with Crippen LogP contribution in [0.5, 0.6) is 5.75 Å². The highest BCUT2D eigenvalue weighted by Gasteiger charge is 2.37. The van der Waals surface area contributed by atoms with Gasteiger partial charge in [-0.25, -0.2) is 0 Å². The maximum atomic E-state index is 11.7. The van der Waals surface area contributed by atoms with Crippen LogP contribution in [0.4, 0.5) is 0 Å². The fourth-order valence-electron chi connectivity index (χ4n) is 4.33. The summed E-state index contributed by atoms with van der Waals surface area (Å²) in [6.45, 7) is 3.63. The number of carbonyl (C=O) groups excluding carboxylic acids is 1. The number of carbonyl (C=O) groups is 1. The van der Waals surface area contributed by atoms with E-state index in [1.165, 1.54) is 18.2 Å². The van der Waals surface area contributed by atoms with Crippen molar-refractivity contribution >= 4 is 11.5 Å². The highest BCUT2D eigenvalue weighted by Crippen LogP contribution is 2.38. The lowest BCUT2D eigenvalue weighted by Crippen LogP contribution is -2.31. The van der Waals surface area contributed by atoms with E-state index in [2.05, 4.69) is 42.2 Å². The van der Waals surface area contributed by atoms with Gasteiger partial charge in [-0.1, -0.05) is 42.3 Å². The van der Waals surface area contributed by atoms with Gasteiger partial charge in [0.1, 0.15) is 12.4 Å². The molecule has 33 heavy (non-hydrogen) atoms. The topological polar surface area (TPSA) is 54.0 Å². The molecule has 1 fully saturated rings. The Hall–Kier alpha value is -3.07. The van der Waals surface area contributed by atoms with Crippen molar-refractivity contribution in [2.45, 2.75) is 50.9 Å². The second-order valence-corrected chi connectivity index (χ2v) is 8.33. The van der Waals surface area contributed by atoms with E-state index in [4.69, 9.17) is 18.9 Å². The van der Waals surface area contributed by atoms with Gasteiger partial charge in [-0.3, -0.25) is 4.79 Å². The minimum Gasteiger partial charge on any atom is -0.489 e. The molecular formula is C28H30O5. The van der Waals surface area contributed by atoms with E-state index >= 15 is 0 Å². The molecule has 5 heteroatoms. The molecule has 0 amide bonds. The van der Waals surface area contributed by atoms with E-state index in [0.717, 1.165) is 36.1 Å². The van der Waals surface area contributed by atoms with Crippen LogP contribution < -0.4 is 4.74 Å². The van der Waals surface area contributed by atoms with Crippen LogP contribution in [0.15, 0.2) is 54.6 Å². The van der Waals surface area contributed by atoms with Crippen LogP contribution in [-0.4, -0.2) is 32.1 Å². The van der Waals surface area contributed by atoms with Crippen LogP contribution in [0, 0.1) is 11.8 Å². The van der Waals surface area contributed by atoms with Gasteiger partial charge in [-0.15, -0.1) is 5.92 Å². The van der Waals surface area contributed by atoms with Gasteiger partial charge in [0.25, 0.3) is 0 Å². The van der Waals surface area contributed by atoms with E-state index in [0.29, 0.717) is 19.8 Å². The van der Waals surface area contributed by atoms with E-state index in [9.17, 15) is 4.79 Å². The molecule has 0 N–H and O–H groups in total. The summed E-state index contributed by atoms with van der Waals surface area (Å²) in [4.78, 5) is 11.7. The van der Waals surface area contributed by atoms with Crippen LogP contribution in [0.3, 0.4) is 0 Å². The average molecular weight is 447 g/mol. The third kappa shape index (κ3) is 5.84. The normalized spacial score (nSPS) is 17.6. The van der Waals surface area contributed by atoms with E-state index in [-0.39, 0.29) is 18.3 Å². The molecule has 2 aromatic rings. The second-order valence-electron chi connectivity index (χ2n) is 8.33. The Morgan fingerprint density at radius 3 is 2.61 bits per heavy atom. The predicted octanol–water partition coefficient (Wildman–Crippen LogP) is 5.25. The Labute approximate surface area is 195 Å². The SMILES string of the molecule is CC#C[C@H](CC(=O)OC)c1ccc(OCc2cccc(C3=CCC4(CC3)OCCO4)c2)cc1. The molecule has 1 aliphatic carbocycles. The Bertz CT molecular complexity index is 1050. The first-order valence-electron chi connectivity index (χ1n) is 11.4. The molecule has 0 unspecified atom stereocenters. The van der Waals surface area contributed by atoms with E-state index in [1.54, 1.807) is 6.92 Å². The number of esters is 1.